The van der Waals surface area contributed by atoms with E-state index in [1.165, 1.54) is 44.0 Å². The zero-order valence-corrected chi connectivity index (χ0v) is 18.9. The predicted octanol–water partition coefficient (Wildman–Crippen LogP) is 3.58. The van der Waals surface area contributed by atoms with Crippen molar-refractivity contribution in [1.29, 1.82) is 0 Å². The van der Waals surface area contributed by atoms with Crippen LogP contribution >= 0.6 is 11.6 Å². The van der Waals surface area contributed by atoms with E-state index in [4.69, 9.17) is 21.1 Å². The Bertz CT molecular complexity index is 1270. The number of hydrogen-bond donors (Lipinski definition) is 0. The lowest BCUT2D eigenvalue weighted by molar-refractivity contribution is 0.0603. The number of ether oxygens (including phenoxy) is 2. The number of methoxy groups -OCH3 is 2. The van der Waals surface area contributed by atoms with Gasteiger partial charge >= 0.3 is 5.97 Å². The van der Waals surface area contributed by atoms with Gasteiger partial charge in [0.15, 0.2) is 0 Å². The van der Waals surface area contributed by atoms with Gasteiger partial charge < -0.3 is 9.47 Å². The van der Waals surface area contributed by atoms with E-state index < -0.39 is 27.9 Å². The number of nitrogens with zero attached hydrogens (tertiary/aromatic N) is 2. The molecule has 0 N–H and O–H groups in total. The Labute approximate surface area is 185 Å². The van der Waals surface area contributed by atoms with Gasteiger partial charge in [0, 0.05) is 16.6 Å². The van der Waals surface area contributed by atoms with Crippen LogP contribution < -0.4 is 9.04 Å². The minimum absolute atomic E-state index is 0.128. The lowest BCUT2D eigenvalue weighted by atomic mass is 10.2. The summed E-state index contributed by atoms with van der Waals surface area (Å²) in [5, 5.41) is 0.796. The highest BCUT2D eigenvalue weighted by Crippen LogP contribution is 2.35. The van der Waals surface area contributed by atoms with Gasteiger partial charge in [0.25, 0.3) is 5.91 Å². The van der Waals surface area contributed by atoms with Gasteiger partial charge in [-0.05, 0) is 31.2 Å². The van der Waals surface area contributed by atoms with Crippen LogP contribution in [0.25, 0.3) is 10.9 Å². The van der Waals surface area contributed by atoms with Crippen LogP contribution in [0.3, 0.4) is 0 Å². The molecule has 1 heterocycles. The second-order valence-electron chi connectivity index (χ2n) is 6.81. The molecule has 0 spiro atoms. The molecule has 10 heteroatoms. The predicted molar refractivity (Wildman–Crippen MR) is 119 cm³/mol. The number of sulfonamides is 1. The Morgan fingerprint density at radius 2 is 1.81 bits per heavy atom. The molecule has 8 nitrogen and oxygen atoms in total. The maximum absolute atomic E-state index is 13.5. The number of aromatic nitrogens is 1. The number of hydrogen-bond acceptors (Lipinski definition) is 6. The van der Waals surface area contributed by atoms with Crippen LogP contribution in [-0.2, 0) is 14.8 Å². The molecule has 0 unspecified atom stereocenters. The monoisotopic (exact) mass is 464 g/mol. The molecule has 0 bridgehead atoms. The second kappa shape index (κ2) is 8.60. The molecule has 164 valence electrons. The molecule has 0 saturated heterocycles. The Morgan fingerprint density at radius 1 is 1.13 bits per heavy atom. The third kappa shape index (κ3) is 4.24. The van der Waals surface area contributed by atoms with Crippen LogP contribution in [0.15, 0.2) is 48.7 Å². The van der Waals surface area contributed by atoms with Crippen LogP contribution in [-0.4, -0.2) is 51.4 Å². The molecule has 0 aliphatic heterocycles. The number of carbonyl (C=O) groups excluding carboxylic acids is 2. The largest absolute Gasteiger partial charge is 0.495 e. The van der Waals surface area contributed by atoms with Crippen molar-refractivity contribution >= 4 is 50.1 Å². The molecule has 3 aromatic rings. The van der Waals surface area contributed by atoms with Crippen LogP contribution in [0.4, 0.5) is 5.69 Å². The van der Waals surface area contributed by atoms with Crippen molar-refractivity contribution in [2.45, 2.75) is 13.0 Å². The molecule has 2 aromatic carbocycles. The molecule has 0 aliphatic rings. The van der Waals surface area contributed by atoms with E-state index >= 15 is 0 Å². The zero-order chi connectivity index (χ0) is 22.9. The molecule has 0 fully saturated rings. The molecular formula is C21H21ClN2O6S. The number of benzene rings is 2. The first-order valence-electron chi connectivity index (χ1n) is 9.15. The Kier molecular flexibility index (Phi) is 6.28. The van der Waals surface area contributed by atoms with Crippen LogP contribution in [0, 0.1) is 0 Å². The minimum Gasteiger partial charge on any atom is -0.495 e. The number of halogens is 1. The Balaban J connectivity index is 2.17. The summed E-state index contributed by atoms with van der Waals surface area (Å²) in [6, 6.07) is 10.1. The third-order valence-corrected chi connectivity index (χ3v) is 6.26. The van der Waals surface area contributed by atoms with Crippen molar-refractivity contribution in [3.8, 4) is 5.75 Å². The molecule has 0 saturated carbocycles. The lowest BCUT2D eigenvalue weighted by Gasteiger charge is -2.29. The van der Waals surface area contributed by atoms with E-state index in [1.807, 2.05) is 0 Å². The maximum Gasteiger partial charge on any atom is 0.340 e. The zero-order valence-electron chi connectivity index (χ0n) is 17.3. The SMILES string of the molecule is COC(=O)c1cn(C(=O)[C@H](C)N(c2cc(Cl)ccc2OC)S(C)(=O)=O)c2ccccc12. The van der Waals surface area contributed by atoms with E-state index in [0.29, 0.717) is 10.9 Å². The summed E-state index contributed by atoms with van der Waals surface area (Å²) in [4.78, 5) is 25.6. The fourth-order valence-electron chi connectivity index (χ4n) is 3.45. The number of fused-ring (bicyclic) bond motifs is 1. The van der Waals surface area contributed by atoms with Gasteiger partial charge in [-0.15, -0.1) is 0 Å². The van der Waals surface area contributed by atoms with Gasteiger partial charge in [-0.2, -0.15) is 0 Å². The van der Waals surface area contributed by atoms with E-state index in [9.17, 15) is 18.0 Å². The van der Waals surface area contributed by atoms with Crippen molar-refractivity contribution < 1.29 is 27.5 Å². The first-order chi connectivity index (χ1) is 14.6. The summed E-state index contributed by atoms with van der Waals surface area (Å²) in [7, 11) is -1.28. The highest BCUT2D eigenvalue weighted by Gasteiger charge is 2.33. The van der Waals surface area contributed by atoms with Gasteiger partial charge in [0.2, 0.25) is 10.0 Å². The maximum atomic E-state index is 13.5. The van der Waals surface area contributed by atoms with Crippen molar-refractivity contribution in [3.63, 3.8) is 0 Å². The third-order valence-electron chi connectivity index (χ3n) is 4.80. The quantitative estimate of drug-likeness (QED) is 0.517. The molecule has 0 radical (unpaired) electrons. The number of anilines is 1. The highest BCUT2D eigenvalue weighted by molar-refractivity contribution is 7.92. The van der Waals surface area contributed by atoms with Gasteiger partial charge in [0.05, 0.1) is 37.2 Å². The molecule has 1 aromatic heterocycles. The molecule has 0 aliphatic carbocycles. The summed E-state index contributed by atoms with van der Waals surface area (Å²) in [5.41, 5.74) is 0.777. The Hall–Kier alpha value is -3.04. The van der Waals surface area contributed by atoms with E-state index in [0.717, 1.165) is 10.6 Å². The van der Waals surface area contributed by atoms with Gasteiger partial charge in [0.1, 0.15) is 11.8 Å². The van der Waals surface area contributed by atoms with Crippen molar-refractivity contribution in [2.75, 3.05) is 24.8 Å². The first-order valence-corrected chi connectivity index (χ1v) is 11.4. The van der Waals surface area contributed by atoms with E-state index in [1.54, 1.807) is 30.3 Å². The van der Waals surface area contributed by atoms with Gasteiger partial charge in [-0.3, -0.25) is 13.7 Å². The standard InChI is InChI=1S/C21H21ClN2O6S/c1-13(24(31(4,27)28)18-11-14(22)9-10-19(18)29-2)20(25)23-12-16(21(26)30-3)15-7-5-6-8-17(15)23/h5-13H,1-4H3/t13-/m0/s1. The summed E-state index contributed by atoms with van der Waals surface area (Å²) in [6.07, 6.45) is 2.34. The smallest absolute Gasteiger partial charge is 0.340 e. The topological polar surface area (TPSA) is 94.9 Å². The van der Waals surface area contributed by atoms with Crippen molar-refractivity contribution in [3.05, 3.63) is 59.2 Å². The number of esters is 1. The molecule has 31 heavy (non-hydrogen) atoms. The summed E-state index contributed by atoms with van der Waals surface area (Å²) >= 11 is 6.08. The number of carbonyl (C=O) groups is 2. The number of rotatable bonds is 6. The number of para-hydroxylation sites is 1. The summed E-state index contributed by atoms with van der Waals surface area (Å²) in [6.45, 7) is 1.45. The molecule has 0 amide bonds. The summed E-state index contributed by atoms with van der Waals surface area (Å²) < 4.78 is 37.7. The molecule has 1 atom stereocenters. The fourth-order valence-corrected chi connectivity index (χ4v) is 4.78. The first kappa shape index (κ1) is 22.6. The molecular weight excluding hydrogens is 444 g/mol. The normalized spacial score (nSPS) is 12.4. The van der Waals surface area contributed by atoms with Crippen molar-refractivity contribution in [2.24, 2.45) is 0 Å². The summed E-state index contributed by atoms with van der Waals surface area (Å²) in [5.74, 6) is -0.937. The van der Waals surface area contributed by atoms with Crippen LogP contribution in [0.2, 0.25) is 5.02 Å². The van der Waals surface area contributed by atoms with Gasteiger partial charge in [-0.1, -0.05) is 29.8 Å². The highest BCUT2D eigenvalue weighted by atomic mass is 35.5. The van der Waals surface area contributed by atoms with Crippen LogP contribution in [0.5, 0.6) is 5.75 Å². The van der Waals surface area contributed by atoms with Gasteiger partial charge in [-0.25, -0.2) is 13.2 Å². The average molecular weight is 465 g/mol. The molecule has 3 rings (SSSR count). The lowest BCUT2D eigenvalue weighted by Crippen LogP contribution is -2.45. The van der Waals surface area contributed by atoms with E-state index in [2.05, 4.69) is 0 Å². The average Bonchev–Trinajstić information content (AvgIpc) is 3.11. The second-order valence-corrected chi connectivity index (χ2v) is 9.11. The fraction of sp³-hybridized carbons (Fsp3) is 0.238. The van der Waals surface area contributed by atoms with Crippen molar-refractivity contribution in [1.82, 2.24) is 4.57 Å². The Morgan fingerprint density at radius 3 is 2.42 bits per heavy atom. The van der Waals surface area contributed by atoms with E-state index in [-0.39, 0.29) is 22.0 Å². The van der Waals surface area contributed by atoms with Crippen LogP contribution in [0.1, 0.15) is 22.1 Å². The minimum atomic E-state index is -3.92.